The Morgan fingerprint density at radius 3 is 2.39 bits per heavy atom. The van der Waals surface area contributed by atoms with Crippen molar-refractivity contribution in [3.05, 3.63) is 42.5 Å². The summed E-state index contributed by atoms with van der Waals surface area (Å²) in [4.78, 5) is 14.0. The number of rotatable bonds is 4. The van der Waals surface area contributed by atoms with Crippen molar-refractivity contribution in [1.82, 2.24) is 9.47 Å². The van der Waals surface area contributed by atoms with Gasteiger partial charge in [0.1, 0.15) is 0 Å². The van der Waals surface area contributed by atoms with Gasteiger partial charge in [0.15, 0.2) is 0 Å². The van der Waals surface area contributed by atoms with Gasteiger partial charge in [-0.15, -0.1) is 0 Å². The Bertz CT molecular complexity index is 846. The van der Waals surface area contributed by atoms with Crippen LogP contribution in [0.3, 0.4) is 0 Å². The van der Waals surface area contributed by atoms with Crippen LogP contribution in [0.25, 0.3) is 21.8 Å². The summed E-state index contributed by atoms with van der Waals surface area (Å²) in [6.07, 6.45) is 0. The fourth-order valence-electron chi connectivity index (χ4n) is 3.18. The van der Waals surface area contributed by atoms with E-state index in [4.69, 9.17) is 0 Å². The first-order valence-corrected chi connectivity index (χ1v) is 8.26. The minimum Gasteiger partial charge on any atom is -0.341 e. The van der Waals surface area contributed by atoms with E-state index in [1.807, 2.05) is 19.9 Å². The molecule has 0 unspecified atom stereocenters. The Kier molecular flexibility index (Phi) is 4.24. The summed E-state index contributed by atoms with van der Waals surface area (Å²) in [5.41, 5.74) is 3.23. The van der Waals surface area contributed by atoms with Crippen LogP contribution in [-0.2, 0) is 6.54 Å². The second kappa shape index (κ2) is 6.32. The van der Waals surface area contributed by atoms with Gasteiger partial charge in [0.05, 0.1) is 5.52 Å². The van der Waals surface area contributed by atoms with E-state index in [2.05, 4.69) is 53.2 Å². The molecule has 0 spiro atoms. The lowest BCUT2D eigenvalue weighted by Gasteiger charge is -2.19. The van der Waals surface area contributed by atoms with E-state index < -0.39 is 0 Å². The second-order valence-corrected chi connectivity index (χ2v) is 5.60. The molecule has 0 bridgehead atoms. The molecule has 1 heterocycles. The minimum atomic E-state index is -0.0477. The molecule has 0 saturated carbocycles. The van der Waals surface area contributed by atoms with Gasteiger partial charge in [-0.25, -0.2) is 4.79 Å². The van der Waals surface area contributed by atoms with Gasteiger partial charge in [0.2, 0.25) is 0 Å². The molecule has 1 aromatic heterocycles. The molecule has 0 saturated heterocycles. The topological polar surface area (TPSA) is 37.3 Å². The lowest BCUT2D eigenvalue weighted by atomic mass is 10.1. The van der Waals surface area contributed by atoms with Gasteiger partial charge in [0.25, 0.3) is 0 Å². The van der Waals surface area contributed by atoms with Crippen LogP contribution in [0.2, 0.25) is 0 Å². The van der Waals surface area contributed by atoms with Crippen LogP contribution in [0.1, 0.15) is 20.8 Å². The summed E-state index contributed by atoms with van der Waals surface area (Å²) < 4.78 is 2.29. The fraction of sp³-hybridized carbons (Fsp3) is 0.316. The number of urea groups is 1. The maximum absolute atomic E-state index is 12.2. The summed E-state index contributed by atoms with van der Waals surface area (Å²) in [6.45, 7) is 8.44. The Hall–Kier alpha value is -2.49. The van der Waals surface area contributed by atoms with Crippen molar-refractivity contribution in [2.24, 2.45) is 0 Å². The van der Waals surface area contributed by atoms with E-state index in [1.165, 1.54) is 16.3 Å². The van der Waals surface area contributed by atoms with E-state index in [1.54, 1.807) is 4.90 Å². The third-order valence-corrected chi connectivity index (χ3v) is 4.39. The Labute approximate surface area is 136 Å². The first-order valence-electron chi connectivity index (χ1n) is 8.26. The highest BCUT2D eigenvalue weighted by Crippen LogP contribution is 2.30. The number of hydrogen-bond donors (Lipinski definition) is 1. The number of anilines is 1. The smallest absolute Gasteiger partial charge is 0.321 e. The van der Waals surface area contributed by atoms with Gasteiger partial charge in [-0.05, 0) is 39.0 Å². The summed E-state index contributed by atoms with van der Waals surface area (Å²) in [7, 11) is 0. The van der Waals surface area contributed by atoms with Crippen molar-refractivity contribution in [2.75, 3.05) is 18.4 Å². The minimum absolute atomic E-state index is 0.0477. The number of para-hydroxylation sites is 1. The summed E-state index contributed by atoms with van der Waals surface area (Å²) in [6, 6.07) is 14.5. The van der Waals surface area contributed by atoms with Gasteiger partial charge < -0.3 is 14.8 Å². The number of benzene rings is 2. The quantitative estimate of drug-likeness (QED) is 0.746. The highest BCUT2D eigenvalue weighted by atomic mass is 16.2. The number of fused-ring (bicyclic) bond motifs is 3. The van der Waals surface area contributed by atoms with E-state index >= 15 is 0 Å². The molecule has 0 aliphatic rings. The second-order valence-electron chi connectivity index (χ2n) is 5.60. The normalized spacial score (nSPS) is 11.1. The van der Waals surface area contributed by atoms with Gasteiger partial charge in [-0.2, -0.15) is 0 Å². The molecule has 4 nitrogen and oxygen atoms in total. The van der Waals surface area contributed by atoms with Crippen molar-refractivity contribution in [1.29, 1.82) is 0 Å². The molecule has 0 aliphatic carbocycles. The van der Waals surface area contributed by atoms with Crippen molar-refractivity contribution < 1.29 is 4.79 Å². The number of aryl methyl sites for hydroxylation is 1. The van der Waals surface area contributed by atoms with Crippen LogP contribution in [0.15, 0.2) is 42.5 Å². The van der Waals surface area contributed by atoms with Crippen molar-refractivity contribution in [2.45, 2.75) is 27.3 Å². The summed E-state index contributed by atoms with van der Waals surface area (Å²) in [5.74, 6) is 0. The van der Waals surface area contributed by atoms with E-state index in [0.717, 1.165) is 17.7 Å². The largest absolute Gasteiger partial charge is 0.341 e. The van der Waals surface area contributed by atoms with Gasteiger partial charge >= 0.3 is 6.03 Å². The van der Waals surface area contributed by atoms with Crippen LogP contribution in [0.5, 0.6) is 0 Å². The number of amides is 2. The van der Waals surface area contributed by atoms with E-state index in [-0.39, 0.29) is 6.03 Å². The fourth-order valence-corrected chi connectivity index (χ4v) is 3.18. The molecule has 4 heteroatoms. The first kappa shape index (κ1) is 15.4. The van der Waals surface area contributed by atoms with E-state index in [9.17, 15) is 4.79 Å². The lowest BCUT2D eigenvalue weighted by molar-refractivity contribution is 0.217. The highest BCUT2D eigenvalue weighted by molar-refractivity contribution is 6.09. The molecule has 0 radical (unpaired) electrons. The molecule has 0 aliphatic heterocycles. The zero-order valence-corrected chi connectivity index (χ0v) is 14.0. The molecule has 2 amide bonds. The number of carbonyl (C=O) groups is 1. The van der Waals surface area contributed by atoms with Gasteiger partial charge in [0, 0.05) is 41.6 Å². The van der Waals surface area contributed by atoms with Crippen molar-refractivity contribution in [3.63, 3.8) is 0 Å². The molecule has 1 N–H and O–H groups in total. The van der Waals surface area contributed by atoms with E-state index in [0.29, 0.717) is 13.1 Å². The molecular weight excluding hydrogens is 286 g/mol. The Balaban J connectivity index is 2.05. The predicted octanol–water partition coefficient (Wildman–Crippen LogP) is 4.69. The maximum Gasteiger partial charge on any atom is 0.321 e. The maximum atomic E-state index is 12.2. The SMILES string of the molecule is CCN(CC)C(=O)Nc1ccc2c3ccccc3n(CC)c2c1. The number of nitrogens with one attached hydrogen (secondary N) is 1. The Morgan fingerprint density at radius 1 is 1.00 bits per heavy atom. The molecule has 3 aromatic rings. The lowest BCUT2D eigenvalue weighted by Crippen LogP contribution is -2.34. The standard InChI is InChI=1S/C19H23N3O/c1-4-21(5-2)19(23)20-14-11-12-16-15-9-7-8-10-17(15)22(6-3)18(16)13-14/h7-13H,4-6H2,1-3H3,(H,20,23). The molecule has 120 valence electrons. The Morgan fingerprint density at radius 2 is 1.70 bits per heavy atom. The summed E-state index contributed by atoms with van der Waals surface area (Å²) >= 11 is 0. The highest BCUT2D eigenvalue weighted by Gasteiger charge is 2.12. The number of nitrogens with zero attached hydrogens (tertiary/aromatic N) is 2. The monoisotopic (exact) mass is 309 g/mol. The first-order chi connectivity index (χ1) is 11.2. The molecule has 2 aromatic carbocycles. The average molecular weight is 309 g/mol. The van der Waals surface area contributed by atoms with Crippen LogP contribution < -0.4 is 5.32 Å². The molecule has 3 rings (SSSR count). The van der Waals surface area contributed by atoms with Crippen LogP contribution >= 0.6 is 0 Å². The molecule has 23 heavy (non-hydrogen) atoms. The number of aromatic nitrogens is 1. The number of hydrogen-bond acceptors (Lipinski definition) is 1. The van der Waals surface area contributed by atoms with Gasteiger partial charge in [-0.1, -0.05) is 24.3 Å². The average Bonchev–Trinajstić information content (AvgIpc) is 2.89. The predicted molar refractivity (Wildman–Crippen MR) is 97.1 cm³/mol. The summed E-state index contributed by atoms with van der Waals surface area (Å²) in [5, 5.41) is 5.49. The third kappa shape index (κ3) is 2.65. The third-order valence-electron chi connectivity index (χ3n) is 4.39. The van der Waals surface area contributed by atoms with Crippen molar-refractivity contribution in [3.8, 4) is 0 Å². The molecule has 0 fully saturated rings. The zero-order valence-electron chi connectivity index (χ0n) is 14.0. The van der Waals surface area contributed by atoms with Crippen LogP contribution in [-0.4, -0.2) is 28.6 Å². The molecule has 0 atom stereocenters. The van der Waals surface area contributed by atoms with Crippen LogP contribution in [0.4, 0.5) is 10.5 Å². The van der Waals surface area contributed by atoms with Crippen LogP contribution in [0, 0.1) is 0 Å². The molecular formula is C19H23N3O. The zero-order chi connectivity index (χ0) is 16.4. The van der Waals surface area contributed by atoms with Crippen molar-refractivity contribution >= 4 is 33.5 Å². The number of carbonyl (C=O) groups excluding carboxylic acids is 1. The van der Waals surface area contributed by atoms with Gasteiger partial charge in [-0.3, -0.25) is 0 Å².